The summed E-state index contributed by atoms with van der Waals surface area (Å²) in [6.45, 7) is 2.44. The Bertz CT molecular complexity index is 513. The molecule has 1 amide bonds. The molecule has 0 saturated carbocycles. The molecule has 1 aromatic carbocycles. The monoisotopic (exact) mass is 279 g/mol. The Morgan fingerprint density at radius 1 is 1.39 bits per heavy atom. The minimum atomic E-state index is -0.102. The summed E-state index contributed by atoms with van der Waals surface area (Å²) in [7, 11) is 0. The van der Waals surface area contributed by atoms with E-state index in [0.717, 1.165) is 10.1 Å². The van der Waals surface area contributed by atoms with E-state index in [4.69, 9.17) is 0 Å². The van der Waals surface area contributed by atoms with Gasteiger partial charge in [-0.1, -0.05) is 36.9 Å². The summed E-state index contributed by atoms with van der Waals surface area (Å²) in [5, 5.41) is 2.80. The van der Waals surface area contributed by atoms with Gasteiger partial charge in [-0.3, -0.25) is 4.79 Å². The molecule has 0 saturated heterocycles. The number of hydrogen-bond donors (Lipinski definition) is 1. The summed E-state index contributed by atoms with van der Waals surface area (Å²) in [6, 6.07) is 9.12. The van der Waals surface area contributed by atoms with Gasteiger partial charge in [0.25, 0.3) is 5.91 Å². The fourth-order valence-electron chi connectivity index (χ4n) is 1.34. The molecule has 0 aliphatic rings. The van der Waals surface area contributed by atoms with E-state index in [2.05, 4.69) is 21.6 Å². The van der Waals surface area contributed by atoms with Crippen LogP contribution in [0.5, 0.6) is 0 Å². The van der Waals surface area contributed by atoms with Crippen molar-refractivity contribution in [2.75, 3.05) is 5.75 Å². The van der Waals surface area contributed by atoms with Crippen LogP contribution in [0.1, 0.15) is 23.1 Å². The molecule has 2 aromatic rings. The van der Waals surface area contributed by atoms with Crippen molar-refractivity contribution in [3.8, 4) is 0 Å². The molecular weight excluding hydrogens is 266 g/mol. The van der Waals surface area contributed by atoms with Gasteiger partial charge in [0, 0.05) is 5.56 Å². The Kier molecular flexibility index (Phi) is 4.72. The standard InChI is InChI=1S/C12H13N3OS2/c1-2-17-12-14-10(15-18-12)8-13-11(16)9-6-4-3-5-7-9/h3-7H,2,8H2,1H3,(H,13,16). The lowest BCUT2D eigenvalue weighted by Gasteiger charge is -2.01. The van der Waals surface area contributed by atoms with Gasteiger partial charge >= 0.3 is 0 Å². The highest BCUT2D eigenvalue weighted by Crippen LogP contribution is 2.19. The van der Waals surface area contributed by atoms with Gasteiger partial charge < -0.3 is 5.32 Å². The van der Waals surface area contributed by atoms with Gasteiger partial charge in [0.2, 0.25) is 0 Å². The lowest BCUT2D eigenvalue weighted by Crippen LogP contribution is -2.23. The normalized spacial score (nSPS) is 10.3. The van der Waals surface area contributed by atoms with Gasteiger partial charge in [-0.05, 0) is 29.4 Å². The van der Waals surface area contributed by atoms with Gasteiger partial charge in [-0.15, -0.1) is 0 Å². The highest BCUT2D eigenvalue weighted by atomic mass is 32.2. The van der Waals surface area contributed by atoms with E-state index in [9.17, 15) is 4.79 Å². The molecule has 4 nitrogen and oxygen atoms in total. The molecular formula is C12H13N3OS2. The van der Waals surface area contributed by atoms with Crippen molar-refractivity contribution in [1.82, 2.24) is 14.7 Å². The van der Waals surface area contributed by atoms with Crippen molar-refractivity contribution in [2.24, 2.45) is 0 Å². The predicted octanol–water partition coefficient (Wildman–Crippen LogP) is 2.58. The third-order valence-electron chi connectivity index (χ3n) is 2.16. The van der Waals surface area contributed by atoms with E-state index in [-0.39, 0.29) is 5.91 Å². The third kappa shape index (κ3) is 3.54. The molecule has 1 N–H and O–H groups in total. The predicted molar refractivity (Wildman–Crippen MR) is 73.9 cm³/mol. The number of nitrogens with zero attached hydrogens (tertiary/aromatic N) is 2. The van der Waals surface area contributed by atoms with E-state index < -0.39 is 0 Å². The number of rotatable bonds is 5. The van der Waals surface area contributed by atoms with Crippen molar-refractivity contribution in [3.63, 3.8) is 0 Å². The van der Waals surface area contributed by atoms with Crippen LogP contribution >= 0.6 is 23.3 Å². The maximum atomic E-state index is 11.8. The Morgan fingerprint density at radius 2 is 2.17 bits per heavy atom. The van der Waals surface area contributed by atoms with Crippen molar-refractivity contribution < 1.29 is 4.79 Å². The van der Waals surface area contributed by atoms with Crippen LogP contribution in [0, 0.1) is 0 Å². The first-order valence-corrected chi connectivity index (χ1v) is 7.34. The number of carbonyl (C=O) groups excluding carboxylic acids is 1. The first kappa shape index (κ1) is 13.0. The summed E-state index contributed by atoms with van der Waals surface area (Å²) >= 11 is 3.03. The Morgan fingerprint density at radius 3 is 2.89 bits per heavy atom. The maximum Gasteiger partial charge on any atom is 0.251 e. The topological polar surface area (TPSA) is 54.9 Å². The summed E-state index contributed by atoms with van der Waals surface area (Å²) in [4.78, 5) is 16.1. The van der Waals surface area contributed by atoms with E-state index in [1.165, 1.54) is 11.5 Å². The van der Waals surface area contributed by atoms with Crippen LogP contribution in [0.2, 0.25) is 0 Å². The van der Waals surface area contributed by atoms with Gasteiger partial charge in [0.05, 0.1) is 6.54 Å². The van der Waals surface area contributed by atoms with E-state index in [0.29, 0.717) is 17.9 Å². The second kappa shape index (κ2) is 6.51. The van der Waals surface area contributed by atoms with Gasteiger partial charge in [0.15, 0.2) is 10.2 Å². The van der Waals surface area contributed by atoms with Crippen molar-refractivity contribution in [2.45, 2.75) is 17.8 Å². The van der Waals surface area contributed by atoms with Crippen LogP contribution in [0.4, 0.5) is 0 Å². The highest BCUT2D eigenvalue weighted by Gasteiger charge is 2.07. The maximum absolute atomic E-state index is 11.8. The quantitative estimate of drug-likeness (QED) is 0.855. The Labute approximate surface area is 114 Å². The van der Waals surface area contributed by atoms with Crippen LogP contribution in [-0.2, 0) is 6.54 Å². The summed E-state index contributed by atoms with van der Waals surface area (Å²) in [5.74, 6) is 1.54. The highest BCUT2D eigenvalue weighted by molar-refractivity contribution is 8.00. The number of thioether (sulfide) groups is 1. The third-order valence-corrected chi connectivity index (χ3v) is 3.91. The zero-order valence-corrected chi connectivity index (χ0v) is 11.6. The van der Waals surface area contributed by atoms with E-state index >= 15 is 0 Å². The van der Waals surface area contributed by atoms with Crippen LogP contribution in [0.3, 0.4) is 0 Å². The zero-order chi connectivity index (χ0) is 12.8. The lowest BCUT2D eigenvalue weighted by molar-refractivity contribution is 0.0950. The lowest BCUT2D eigenvalue weighted by atomic mass is 10.2. The molecule has 0 unspecified atom stereocenters. The molecule has 94 valence electrons. The molecule has 6 heteroatoms. The first-order valence-electron chi connectivity index (χ1n) is 5.58. The average molecular weight is 279 g/mol. The number of benzene rings is 1. The number of hydrogen-bond acceptors (Lipinski definition) is 5. The second-order valence-corrected chi connectivity index (χ2v) is 5.72. The first-order chi connectivity index (χ1) is 8.79. The smallest absolute Gasteiger partial charge is 0.251 e. The molecule has 0 bridgehead atoms. The molecule has 0 fully saturated rings. The number of amides is 1. The van der Waals surface area contributed by atoms with Crippen LogP contribution in [0.15, 0.2) is 34.7 Å². The number of aromatic nitrogens is 2. The van der Waals surface area contributed by atoms with E-state index in [1.54, 1.807) is 23.9 Å². The summed E-state index contributed by atoms with van der Waals surface area (Å²) < 4.78 is 5.14. The van der Waals surface area contributed by atoms with Gasteiger partial charge in [0.1, 0.15) is 0 Å². The summed E-state index contributed by atoms with van der Waals surface area (Å²) in [5.41, 5.74) is 0.649. The summed E-state index contributed by atoms with van der Waals surface area (Å²) in [6.07, 6.45) is 0. The molecule has 0 aliphatic carbocycles. The fraction of sp³-hybridized carbons (Fsp3) is 0.250. The molecule has 0 radical (unpaired) electrons. The Balaban J connectivity index is 1.89. The molecule has 0 atom stereocenters. The molecule has 2 rings (SSSR count). The largest absolute Gasteiger partial charge is 0.345 e. The molecule has 18 heavy (non-hydrogen) atoms. The number of carbonyl (C=O) groups is 1. The fourth-order valence-corrected chi connectivity index (χ4v) is 2.87. The van der Waals surface area contributed by atoms with Crippen molar-refractivity contribution >= 4 is 29.2 Å². The van der Waals surface area contributed by atoms with Gasteiger partial charge in [-0.2, -0.15) is 4.37 Å². The Hall–Kier alpha value is -1.40. The number of nitrogens with one attached hydrogen (secondary N) is 1. The van der Waals surface area contributed by atoms with E-state index in [1.807, 2.05) is 18.2 Å². The molecule has 1 heterocycles. The average Bonchev–Trinajstić information content (AvgIpc) is 2.85. The van der Waals surface area contributed by atoms with Crippen molar-refractivity contribution in [3.05, 3.63) is 41.7 Å². The minimum Gasteiger partial charge on any atom is -0.345 e. The SMILES string of the molecule is CCSc1nc(CNC(=O)c2ccccc2)ns1. The van der Waals surface area contributed by atoms with Crippen LogP contribution in [0.25, 0.3) is 0 Å². The molecule has 1 aromatic heterocycles. The zero-order valence-electron chi connectivity index (χ0n) is 9.92. The van der Waals surface area contributed by atoms with Crippen LogP contribution in [-0.4, -0.2) is 21.0 Å². The second-order valence-electron chi connectivity index (χ2n) is 3.46. The van der Waals surface area contributed by atoms with Crippen LogP contribution < -0.4 is 5.32 Å². The molecule has 0 aliphatic heterocycles. The van der Waals surface area contributed by atoms with Crippen molar-refractivity contribution in [1.29, 1.82) is 0 Å². The minimum absolute atomic E-state index is 0.102. The van der Waals surface area contributed by atoms with Gasteiger partial charge in [-0.25, -0.2) is 4.98 Å². The molecule has 0 spiro atoms.